The number of nitrogens with two attached hydrogens (primary N) is 1. The molecule has 2 saturated carbocycles. The summed E-state index contributed by atoms with van der Waals surface area (Å²) in [6, 6.07) is 16.9. The van der Waals surface area contributed by atoms with Crippen LogP contribution in [0.4, 0.5) is 0 Å². The second kappa shape index (κ2) is 33.0. The third-order valence-corrected chi connectivity index (χ3v) is 8.68. The highest BCUT2D eigenvalue weighted by Crippen LogP contribution is 2.30. The number of carboxylic acids is 1. The van der Waals surface area contributed by atoms with Crippen LogP contribution in [-0.2, 0) is 9.59 Å². The molecule has 1 atom stereocenters. The van der Waals surface area contributed by atoms with Gasteiger partial charge in [0.25, 0.3) is 5.91 Å². The van der Waals surface area contributed by atoms with E-state index in [9.17, 15) is 19.2 Å². The number of rotatable bonds is 12. The Balaban J connectivity index is 0.000000806. The Morgan fingerprint density at radius 3 is 1.77 bits per heavy atom. The fourth-order valence-corrected chi connectivity index (χ4v) is 5.78. The normalized spacial score (nSPS) is 13.9. The minimum atomic E-state index is -0.879. The molecule has 4 rings (SSSR count). The van der Waals surface area contributed by atoms with Gasteiger partial charge in [0.05, 0.1) is 18.7 Å². The van der Waals surface area contributed by atoms with E-state index < -0.39 is 12.0 Å². The zero-order chi connectivity index (χ0) is 39.5. The molecule has 2 amide bonds. The predicted molar refractivity (Wildman–Crippen MR) is 215 cm³/mol. The first kappa shape index (κ1) is 48.1. The van der Waals surface area contributed by atoms with E-state index in [1.165, 1.54) is 25.7 Å². The van der Waals surface area contributed by atoms with Gasteiger partial charge < -0.3 is 30.7 Å². The molecule has 2 aliphatic rings. The predicted octanol–water partition coefficient (Wildman–Crippen LogP) is 8.06. The Kier molecular flexibility index (Phi) is 29.9. The van der Waals surface area contributed by atoms with Crippen LogP contribution in [0.5, 0.6) is 0 Å². The molecule has 288 valence electrons. The summed E-state index contributed by atoms with van der Waals surface area (Å²) < 4.78 is 0. The maximum absolute atomic E-state index is 13.1. The maximum atomic E-state index is 13.1. The molecule has 0 saturated heterocycles. The van der Waals surface area contributed by atoms with Gasteiger partial charge in [-0.1, -0.05) is 107 Å². The van der Waals surface area contributed by atoms with Gasteiger partial charge in [-0.2, -0.15) is 0 Å². The summed E-state index contributed by atoms with van der Waals surface area (Å²) in [7, 11) is 0. The Morgan fingerprint density at radius 1 is 0.887 bits per heavy atom. The van der Waals surface area contributed by atoms with Gasteiger partial charge in [-0.25, -0.2) is 11.4 Å². The van der Waals surface area contributed by atoms with Crippen LogP contribution in [0.1, 0.15) is 124 Å². The van der Waals surface area contributed by atoms with E-state index in [1.54, 1.807) is 47.4 Å². The van der Waals surface area contributed by atoms with E-state index in [2.05, 4.69) is 42.3 Å². The first-order valence-electron chi connectivity index (χ1n) is 19.0. The van der Waals surface area contributed by atoms with Crippen molar-refractivity contribution >= 4 is 24.1 Å². The molecule has 4 N–H and O–H groups in total. The fourth-order valence-electron chi connectivity index (χ4n) is 5.78. The van der Waals surface area contributed by atoms with Gasteiger partial charge in [-0.15, -0.1) is 12.8 Å². The standard InChI is InChI=1S/C22H30N2O2.C7H6O2.C7H12O.C5H9N.C3H5N/c1-3-5-16-23-21(25)20(18-12-8-6-9-13-18)24(17-4-2)22(26)19-14-10-7-11-15-19;8-7(9)6-4-2-1-3-5-6;8-6-7-4-2-1-3-5-7;1-3-4-5-6-2;1-2-3-4/h2,7,10-11,14-15,18,20H,3,5-6,8-9,12-13,16-17H2,1H3,(H,23,25);1-5H,(H,8,9);6-7H,1-5H2;3-5H2,1H3;1H,3-4H2. The number of nitrogens with one attached hydrogen (secondary N) is 1. The van der Waals surface area contributed by atoms with Crippen LogP contribution in [-0.4, -0.2) is 66.3 Å². The molecule has 9 nitrogen and oxygen atoms in total. The van der Waals surface area contributed by atoms with Crippen molar-refractivity contribution in [1.82, 2.24) is 10.2 Å². The molecule has 0 radical (unpaired) electrons. The number of benzene rings is 2. The molecule has 0 aliphatic heterocycles. The number of hydrogen-bond donors (Lipinski definition) is 3. The summed E-state index contributed by atoms with van der Waals surface area (Å²) >= 11 is 0. The van der Waals surface area contributed by atoms with Crippen molar-refractivity contribution in [2.45, 2.75) is 110 Å². The zero-order valence-corrected chi connectivity index (χ0v) is 32.0. The lowest BCUT2D eigenvalue weighted by Crippen LogP contribution is -2.54. The minimum absolute atomic E-state index is 0.0649. The van der Waals surface area contributed by atoms with Gasteiger partial charge >= 0.3 is 5.97 Å². The number of carbonyl (C=O) groups is 4. The monoisotopic (exact) mass is 726 g/mol. The number of carboxylic acid groups (broad SMARTS) is 1. The lowest BCUT2D eigenvalue weighted by Gasteiger charge is -2.37. The van der Waals surface area contributed by atoms with Crippen LogP contribution in [0.3, 0.4) is 0 Å². The number of aldehydes is 1. The van der Waals surface area contributed by atoms with E-state index in [1.807, 2.05) is 18.2 Å². The maximum Gasteiger partial charge on any atom is 0.335 e. The van der Waals surface area contributed by atoms with Gasteiger partial charge in [0.2, 0.25) is 12.5 Å². The molecule has 0 aromatic heterocycles. The Morgan fingerprint density at radius 2 is 1.40 bits per heavy atom. The number of nitrogens with zero attached hydrogens (tertiary/aromatic N) is 2. The number of aromatic carboxylic acids is 1. The van der Waals surface area contributed by atoms with Crippen LogP contribution in [0.2, 0.25) is 0 Å². The van der Waals surface area contributed by atoms with Crippen molar-refractivity contribution in [2.75, 3.05) is 26.2 Å². The van der Waals surface area contributed by atoms with E-state index in [0.717, 1.165) is 70.5 Å². The van der Waals surface area contributed by atoms with Crippen molar-refractivity contribution in [3.05, 3.63) is 83.2 Å². The summed E-state index contributed by atoms with van der Waals surface area (Å²) in [6.07, 6.45) is 27.0. The summed E-state index contributed by atoms with van der Waals surface area (Å²) in [4.78, 5) is 51.2. The molecule has 2 aromatic carbocycles. The summed E-state index contributed by atoms with van der Waals surface area (Å²) in [5, 5.41) is 11.4. The lowest BCUT2D eigenvalue weighted by molar-refractivity contribution is -0.127. The fraction of sp³-hybridized carbons (Fsp3) is 0.523. The van der Waals surface area contributed by atoms with E-state index in [-0.39, 0.29) is 24.3 Å². The van der Waals surface area contributed by atoms with Crippen molar-refractivity contribution < 1.29 is 24.3 Å². The number of amides is 2. The number of unbranched alkanes of at least 4 members (excludes halogenated alkanes) is 2. The van der Waals surface area contributed by atoms with E-state index in [4.69, 9.17) is 23.8 Å². The molecule has 0 spiro atoms. The lowest BCUT2D eigenvalue weighted by atomic mass is 9.82. The molecule has 0 heterocycles. The Labute approximate surface area is 319 Å². The van der Waals surface area contributed by atoms with Gasteiger partial charge in [0.1, 0.15) is 12.3 Å². The van der Waals surface area contributed by atoms with Gasteiger partial charge in [0, 0.05) is 24.4 Å². The highest BCUT2D eigenvalue weighted by atomic mass is 16.4. The third kappa shape index (κ3) is 22.6. The second-order valence-electron chi connectivity index (χ2n) is 12.8. The molecule has 53 heavy (non-hydrogen) atoms. The average molecular weight is 727 g/mol. The molecular weight excluding hydrogens is 665 g/mol. The van der Waals surface area contributed by atoms with Crippen molar-refractivity contribution in [2.24, 2.45) is 17.6 Å². The molecule has 2 aromatic rings. The minimum Gasteiger partial charge on any atom is -0.478 e. The van der Waals surface area contributed by atoms with Gasteiger partial charge in [-0.05, 0) is 68.7 Å². The zero-order valence-electron chi connectivity index (χ0n) is 32.0. The van der Waals surface area contributed by atoms with Crippen LogP contribution in [0, 0.1) is 43.1 Å². The van der Waals surface area contributed by atoms with Crippen molar-refractivity contribution in [3.63, 3.8) is 0 Å². The van der Waals surface area contributed by atoms with Crippen molar-refractivity contribution in [1.29, 1.82) is 0 Å². The summed E-state index contributed by atoms with van der Waals surface area (Å²) in [6.45, 7) is 12.4. The summed E-state index contributed by atoms with van der Waals surface area (Å²) in [5.41, 5.74) is 5.70. The molecule has 0 bridgehead atoms. The topological polar surface area (TPSA) is 134 Å². The second-order valence-corrected chi connectivity index (χ2v) is 12.8. The number of hydrogen-bond acceptors (Lipinski definition) is 5. The van der Waals surface area contributed by atoms with E-state index in [0.29, 0.717) is 36.7 Å². The summed E-state index contributed by atoms with van der Waals surface area (Å²) in [5.74, 6) is 4.27. The molecule has 9 heteroatoms. The largest absolute Gasteiger partial charge is 0.478 e. The highest BCUT2D eigenvalue weighted by molar-refractivity contribution is 5.97. The molecule has 2 aliphatic carbocycles. The molecule has 1 unspecified atom stereocenters. The SMILES string of the molecule is C#CCN.C#CCN(C(=O)c1ccccc1)C(C(=O)NCCCC)C1CCCCC1.O=C(O)c1ccccc1.O=CC1CCCCC1.[C-]#[N+]CCCC. The highest BCUT2D eigenvalue weighted by Gasteiger charge is 2.36. The number of carbonyl (C=O) groups excluding carboxylic acids is 3. The first-order chi connectivity index (χ1) is 25.7. The third-order valence-electron chi connectivity index (χ3n) is 8.68. The van der Waals surface area contributed by atoms with Crippen LogP contribution >= 0.6 is 0 Å². The number of terminal acetylenes is 2. The quantitative estimate of drug-likeness (QED) is 0.0877. The van der Waals surface area contributed by atoms with Crippen LogP contribution in [0.25, 0.3) is 4.85 Å². The average Bonchev–Trinajstić information content (AvgIpc) is 3.22. The van der Waals surface area contributed by atoms with Gasteiger partial charge in [0.15, 0.2) is 0 Å². The Hall–Kier alpha value is -4.91. The molecular formula is C44H62N4O5. The first-order valence-corrected chi connectivity index (χ1v) is 19.0. The smallest absolute Gasteiger partial charge is 0.335 e. The van der Waals surface area contributed by atoms with Crippen LogP contribution < -0.4 is 11.1 Å². The van der Waals surface area contributed by atoms with Gasteiger partial charge in [-0.3, -0.25) is 9.59 Å². The van der Waals surface area contributed by atoms with E-state index >= 15 is 0 Å². The van der Waals surface area contributed by atoms with Crippen LogP contribution in [0.15, 0.2) is 60.7 Å². The molecule has 2 fully saturated rings. The Bertz CT molecular complexity index is 1380. The van der Waals surface area contributed by atoms with Crippen molar-refractivity contribution in [3.8, 4) is 24.7 Å².